The van der Waals surface area contributed by atoms with Crippen molar-refractivity contribution in [2.75, 3.05) is 11.5 Å². The molecule has 0 unspecified atom stereocenters. The second-order valence-electron chi connectivity index (χ2n) is 5.36. The van der Waals surface area contributed by atoms with Gasteiger partial charge >= 0.3 is 0 Å². The van der Waals surface area contributed by atoms with E-state index in [1.165, 1.54) is 23.1 Å². The van der Waals surface area contributed by atoms with Crippen molar-refractivity contribution in [3.8, 4) is 0 Å². The van der Waals surface area contributed by atoms with Crippen LogP contribution in [0.5, 0.6) is 0 Å². The van der Waals surface area contributed by atoms with Crippen molar-refractivity contribution in [3.05, 3.63) is 35.9 Å². The quantitative estimate of drug-likeness (QED) is 0.759. The third-order valence-electron chi connectivity index (χ3n) is 2.99. The first kappa shape index (κ1) is 16.8. The molecule has 2 rings (SSSR count). The van der Waals surface area contributed by atoms with Crippen LogP contribution in [0.2, 0.25) is 0 Å². The number of nitrogens with two attached hydrogens (primary N) is 1. The molecule has 0 spiro atoms. The summed E-state index contributed by atoms with van der Waals surface area (Å²) in [5.41, 5.74) is 6.66. The number of thioether (sulfide) groups is 1. The summed E-state index contributed by atoms with van der Waals surface area (Å²) in [5, 5.41) is 11.2. The molecular weight excluding hydrogens is 316 g/mol. The van der Waals surface area contributed by atoms with Crippen LogP contribution in [0.3, 0.4) is 0 Å². The number of carbonyl (C=O) groups is 1. The van der Waals surface area contributed by atoms with Gasteiger partial charge in [-0.05, 0) is 17.9 Å². The average molecular weight is 336 g/mol. The summed E-state index contributed by atoms with van der Waals surface area (Å²) in [6.07, 6.45) is 0.909. The second-order valence-corrected chi connectivity index (χ2v) is 7.59. The van der Waals surface area contributed by atoms with Crippen molar-refractivity contribution in [2.45, 2.75) is 30.6 Å². The number of aromatic nitrogens is 2. The van der Waals surface area contributed by atoms with Gasteiger partial charge in [0.15, 0.2) is 4.34 Å². The smallest absolute Gasteiger partial charge is 0.230 e. The van der Waals surface area contributed by atoms with Gasteiger partial charge in [-0.15, -0.1) is 10.2 Å². The highest BCUT2D eigenvalue weighted by Gasteiger charge is 2.16. The van der Waals surface area contributed by atoms with Gasteiger partial charge in [0, 0.05) is 0 Å². The number of amides is 1. The number of nitrogen functional groups attached to an aromatic ring is 1. The highest BCUT2D eigenvalue weighted by Crippen LogP contribution is 2.24. The van der Waals surface area contributed by atoms with E-state index < -0.39 is 0 Å². The second kappa shape index (κ2) is 8.14. The molecule has 0 aliphatic heterocycles. The van der Waals surface area contributed by atoms with Gasteiger partial charge in [0.1, 0.15) is 0 Å². The lowest BCUT2D eigenvalue weighted by Gasteiger charge is -2.21. The largest absolute Gasteiger partial charge is 0.374 e. The molecule has 1 heterocycles. The van der Waals surface area contributed by atoms with Crippen molar-refractivity contribution in [1.82, 2.24) is 15.5 Å². The van der Waals surface area contributed by atoms with Gasteiger partial charge in [0.25, 0.3) is 0 Å². The van der Waals surface area contributed by atoms with E-state index in [2.05, 4.69) is 29.4 Å². The van der Waals surface area contributed by atoms with E-state index in [1.54, 1.807) is 0 Å². The Bertz CT molecular complexity index is 601. The Hall–Kier alpha value is -1.60. The molecule has 0 radical (unpaired) electrons. The minimum Gasteiger partial charge on any atom is -0.374 e. The van der Waals surface area contributed by atoms with Crippen LogP contribution in [0, 0.1) is 5.92 Å². The molecule has 1 aromatic heterocycles. The summed E-state index contributed by atoms with van der Waals surface area (Å²) in [5.74, 6) is 0.810. The van der Waals surface area contributed by atoms with Crippen molar-refractivity contribution in [2.24, 2.45) is 5.92 Å². The lowest BCUT2D eigenvalue weighted by Crippen LogP contribution is -2.30. The Morgan fingerprint density at radius 3 is 2.64 bits per heavy atom. The number of nitrogens with zero attached hydrogens (tertiary/aromatic N) is 2. The maximum atomic E-state index is 12.2. The molecule has 0 aliphatic carbocycles. The van der Waals surface area contributed by atoms with Crippen molar-refractivity contribution < 1.29 is 4.79 Å². The molecule has 0 bridgehead atoms. The first-order valence-electron chi connectivity index (χ1n) is 7.10. The Balaban J connectivity index is 1.93. The summed E-state index contributed by atoms with van der Waals surface area (Å²) < 4.78 is 0.716. The summed E-state index contributed by atoms with van der Waals surface area (Å²) in [6, 6.07) is 10.1. The molecule has 0 aliphatic rings. The number of anilines is 1. The summed E-state index contributed by atoms with van der Waals surface area (Å²) in [6.45, 7) is 4.31. The predicted molar refractivity (Wildman–Crippen MR) is 91.8 cm³/mol. The normalized spacial score (nSPS) is 12.3. The average Bonchev–Trinajstić information content (AvgIpc) is 2.91. The molecule has 0 fully saturated rings. The fourth-order valence-electron chi connectivity index (χ4n) is 2.08. The molecule has 1 aromatic carbocycles. The number of nitrogens with one attached hydrogen (secondary N) is 1. The monoisotopic (exact) mass is 336 g/mol. The fourth-order valence-corrected chi connectivity index (χ4v) is 3.52. The van der Waals surface area contributed by atoms with Crippen LogP contribution in [-0.4, -0.2) is 21.9 Å². The molecule has 0 saturated carbocycles. The van der Waals surface area contributed by atoms with Crippen molar-refractivity contribution in [1.29, 1.82) is 0 Å². The predicted octanol–water partition coefficient (Wildman–Crippen LogP) is 3.12. The third-order valence-corrected chi connectivity index (χ3v) is 4.88. The highest BCUT2D eigenvalue weighted by molar-refractivity contribution is 8.01. The zero-order valence-corrected chi connectivity index (χ0v) is 14.3. The molecular formula is C15H20N4OS2. The van der Waals surface area contributed by atoms with Gasteiger partial charge < -0.3 is 11.1 Å². The Morgan fingerprint density at radius 2 is 2.05 bits per heavy atom. The van der Waals surface area contributed by atoms with E-state index in [0.717, 1.165) is 12.0 Å². The summed E-state index contributed by atoms with van der Waals surface area (Å²) in [4.78, 5) is 12.2. The molecule has 1 atom stereocenters. The maximum Gasteiger partial charge on any atom is 0.230 e. The van der Waals surface area contributed by atoms with Crippen LogP contribution in [0.4, 0.5) is 5.13 Å². The topological polar surface area (TPSA) is 80.9 Å². The van der Waals surface area contributed by atoms with E-state index in [4.69, 9.17) is 5.73 Å². The lowest BCUT2D eigenvalue weighted by atomic mass is 9.97. The van der Waals surface area contributed by atoms with Gasteiger partial charge in [-0.2, -0.15) is 0 Å². The lowest BCUT2D eigenvalue weighted by molar-refractivity contribution is -0.119. The first-order chi connectivity index (χ1) is 10.5. The molecule has 22 heavy (non-hydrogen) atoms. The Labute approximate surface area is 138 Å². The molecule has 5 nitrogen and oxygen atoms in total. The van der Waals surface area contributed by atoms with Crippen LogP contribution in [0.25, 0.3) is 0 Å². The van der Waals surface area contributed by atoms with E-state index in [0.29, 0.717) is 21.1 Å². The van der Waals surface area contributed by atoms with Gasteiger partial charge in [-0.25, -0.2) is 0 Å². The van der Waals surface area contributed by atoms with Crippen molar-refractivity contribution >= 4 is 34.1 Å². The number of hydrogen-bond acceptors (Lipinski definition) is 6. The van der Waals surface area contributed by atoms with Crippen molar-refractivity contribution in [3.63, 3.8) is 0 Å². The maximum absolute atomic E-state index is 12.2. The number of rotatable bonds is 7. The van der Waals surface area contributed by atoms with Gasteiger partial charge in [-0.3, -0.25) is 4.79 Å². The third kappa shape index (κ3) is 5.31. The highest BCUT2D eigenvalue weighted by atomic mass is 32.2. The Morgan fingerprint density at radius 1 is 1.32 bits per heavy atom. The molecule has 0 saturated heterocycles. The van der Waals surface area contributed by atoms with Gasteiger partial charge in [-0.1, -0.05) is 67.3 Å². The number of hydrogen-bond donors (Lipinski definition) is 2. The Kier molecular flexibility index (Phi) is 6.21. The van der Waals surface area contributed by atoms with Crippen LogP contribution in [0.1, 0.15) is 31.9 Å². The SMILES string of the molecule is CC(C)C[C@H](NC(=O)CSc1nnc(N)s1)c1ccccc1. The van der Waals surface area contributed by atoms with E-state index in [1.807, 2.05) is 30.3 Å². The zero-order chi connectivity index (χ0) is 15.9. The minimum absolute atomic E-state index is 0.00623. The molecule has 2 aromatic rings. The first-order valence-corrected chi connectivity index (χ1v) is 8.91. The van der Waals surface area contributed by atoms with E-state index in [9.17, 15) is 4.79 Å². The molecule has 1 amide bonds. The zero-order valence-electron chi connectivity index (χ0n) is 12.7. The number of benzene rings is 1. The van der Waals surface area contributed by atoms with Crippen LogP contribution in [-0.2, 0) is 4.79 Å². The van der Waals surface area contributed by atoms with Crippen LogP contribution >= 0.6 is 23.1 Å². The van der Waals surface area contributed by atoms with Gasteiger partial charge in [0.05, 0.1) is 11.8 Å². The fraction of sp³-hybridized carbons (Fsp3) is 0.400. The minimum atomic E-state index is -0.00623. The van der Waals surface area contributed by atoms with E-state index in [-0.39, 0.29) is 11.9 Å². The number of carbonyl (C=O) groups excluding carboxylic acids is 1. The summed E-state index contributed by atoms with van der Waals surface area (Å²) in [7, 11) is 0. The van der Waals surface area contributed by atoms with E-state index >= 15 is 0 Å². The van der Waals surface area contributed by atoms with Gasteiger partial charge in [0.2, 0.25) is 11.0 Å². The molecule has 118 valence electrons. The van der Waals surface area contributed by atoms with Crippen LogP contribution in [0.15, 0.2) is 34.7 Å². The molecule has 7 heteroatoms. The molecule has 3 N–H and O–H groups in total. The van der Waals surface area contributed by atoms with Crippen LogP contribution < -0.4 is 11.1 Å². The summed E-state index contributed by atoms with van der Waals surface area (Å²) >= 11 is 2.65. The standard InChI is InChI=1S/C15H20N4OS2/c1-10(2)8-12(11-6-4-3-5-7-11)17-13(20)9-21-15-19-18-14(16)22-15/h3-7,10,12H,8-9H2,1-2H3,(H2,16,18)(H,17,20)/t12-/m0/s1.